The average molecular weight is 495 g/mol. The quantitative estimate of drug-likeness (QED) is 0.362. The second-order valence-electron chi connectivity index (χ2n) is 10.2. The normalized spacial score (nSPS) is 22.1. The molecule has 2 unspecified atom stereocenters. The molecular weight excluding hydrogens is 456 g/mol. The van der Waals surface area contributed by atoms with E-state index in [0.29, 0.717) is 18.0 Å². The van der Waals surface area contributed by atoms with Gasteiger partial charge in [-0.3, -0.25) is 4.79 Å². The zero-order valence-electron chi connectivity index (χ0n) is 20.9. The highest BCUT2D eigenvalue weighted by atomic mass is 32.2. The number of hydrogen-bond donors (Lipinski definition) is 3. The van der Waals surface area contributed by atoms with E-state index in [1.54, 1.807) is 11.8 Å². The van der Waals surface area contributed by atoms with Gasteiger partial charge < -0.3 is 15.7 Å². The van der Waals surface area contributed by atoms with Gasteiger partial charge in [0.2, 0.25) is 0 Å². The Morgan fingerprint density at radius 2 is 1.86 bits per heavy atom. The topological polar surface area (TPSA) is 78.4 Å². The molecule has 0 radical (unpaired) electrons. The van der Waals surface area contributed by atoms with Gasteiger partial charge in [-0.1, -0.05) is 55.7 Å². The van der Waals surface area contributed by atoms with Crippen molar-refractivity contribution in [1.82, 2.24) is 10.6 Å². The third-order valence-corrected chi connectivity index (χ3v) is 8.37. The summed E-state index contributed by atoms with van der Waals surface area (Å²) in [4.78, 5) is 25.4. The maximum Gasteiger partial charge on any atom is 0.329 e. The van der Waals surface area contributed by atoms with Gasteiger partial charge in [-0.25, -0.2) is 4.79 Å². The van der Waals surface area contributed by atoms with Crippen LogP contribution in [0, 0.1) is 12.8 Å². The van der Waals surface area contributed by atoms with E-state index in [2.05, 4.69) is 16.7 Å². The molecule has 2 saturated carbocycles. The Hall–Kier alpha value is -2.31. The molecule has 0 aliphatic heterocycles. The predicted molar refractivity (Wildman–Crippen MR) is 144 cm³/mol. The summed E-state index contributed by atoms with van der Waals surface area (Å²) >= 11 is 1.62. The standard InChI is InChI=1S/C29H38N2O3S/c1-20-9-6-7-13-24(20)26-17-21(10-8-16-30-23-11-4-3-5-12-23)14-15-25(26)27(32)31-29(28(33)34)18-22(29)19-35-2/h6-7,9,13-15,17,22-23,30H,3-5,8,10-12,16,18-19H2,1-2H3,(H,31,32)(H,33,34). The molecule has 2 fully saturated rings. The Kier molecular flexibility index (Phi) is 8.55. The van der Waals surface area contributed by atoms with Crippen LogP contribution in [0.25, 0.3) is 11.1 Å². The number of amides is 1. The molecule has 4 rings (SSSR count). The number of carboxylic acids is 1. The first kappa shape index (κ1) is 25.8. The largest absolute Gasteiger partial charge is 0.479 e. The highest BCUT2D eigenvalue weighted by molar-refractivity contribution is 7.98. The number of aliphatic carboxylic acids is 1. The summed E-state index contributed by atoms with van der Waals surface area (Å²) in [7, 11) is 0. The molecule has 2 aliphatic carbocycles. The molecular formula is C29H38N2O3S. The zero-order chi connectivity index (χ0) is 24.8. The van der Waals surface area contributed by atoms with E-state index in [0.717, 1.165) is 41.8 Å². The van der Waals surface area contributed by atoms with Gasteiger partial charge in [-0.15, -0.1) is 0 Å². The maximum absolute atomic E-state index is 13.4. The van der Waals surface area contributed by atoms with Crippen molar-refractivity contribution in [2.45, 2.75) is 69.9 Å². The third-order valence-electron chi connectivity index (χ3n) is 7.64. The number of carbonyl (C=O) groups excluding carboxylic acids is 1. The highest BCUT2D eigenvalue weighted by Crippen LogP contribution is 2.46. The SMILES string of the molecule is CSCC1CC1(NC(=O)c1ccc(CCCNC2CCCCC2)cc1-c1ccccc1C)C(=O)O. The van der Waals surface area contributed by atoms with Gasteiger partial charge in [0.15, 0.2) is 0 Å². The van der Waals surface area contributed by atoms with Crippen molar-refractivity contribution in [3.05, 3.63) is 59.2 Å². The summed E-state index contributed by atoms with van der Waals surface area (Å²) in [6.07, 6.45) is 11.1. The molecule has 0 spiro atoms. The first-order chi connectivity index (χ1) is 16.9. The Morgan fingerprint density at radius 3 is 2.57 bits per heavy atom. The molecule has 2 aromatic rings. The van der Waals surface area contributed by atoms with E-state index in [4.69, 9.17) is 0 Å². The fraction of sp³-hybridized carbons (Fsp3) is 0.517. The van der Waals surface area contributed by atoms with Crippen LogP contribution >= 0.6 is 11.8 Å². The summed E-state index contributed by atoms with van der Waals surface area (Å²) in [5.74, 6) is -0.550. The van der Waals surface area contributed by atoms with Crippen LogP contribution < -0.4 is 10.6 Å². The minimum atomic E-state index is -1.15. The van der Waals surface area contributed by atoms with Crippen molar-refractivity contribution < 1.29 is 14.7 Å². The van der Waals surface area contributed by atoms with Crippen molar-refractivity contribution in [2.75, 3.05) is 18.6 Å². The number of carboxylic acid groups (broad SMARTS) is 1. The summed E-state index contributed by atoms with van der Waals surface area (Å²) in [5.41, 5.74) is 3.58. The van der Waals surface area contributed by atoms with Crippen LogP contribution in [0.5, 0.6) is 0 Å². The summed E-state index contributed by atoms with van der Waals surface area (Å²) < 4.78 is 0. The molecule has 0 bridgehead atoms. The van der Waals surface area contributed by atoms with Crippen molar-refractivity contribution >= 4 is 23.6 Å². The molecule has 6 heteroatoms. The van der Waals surface area contributed by atoms with Crippen LogP contribution in [0.2, 0.25) is 0 Å². The van der Waals surface area contributed by atoms with Gasteiger partial charge in [0.1, 0.15) is 5.54 Å². The molecule has 2 atom stereocenters. The van der Waals surface area contributed by atoms with Crippen molar-refractivity contribution in [3.63, 3.8) is 0 Å². The van der Waals surface area contributed by atoms with Gasteiger partial charge in [0.25, 0.3) is 5.91 Å². The van der Waals surface area contributed by atoms with Crippen LogP contribution in [-0.2, 0) is 11.2 Å². The molecule has 0 aromatic heterocycles. The average Bonchev–Trinajstić information content (AvgIpc) is 3.56. The Balaban J connectivity index is 1.51. The summed E-state index contributed by atoms with van der Waals surface area (Å²) in [5, 5.41) is 16.5. The smallest absolute Gasteiger partial charge is 0.329 e. The lowest BCUT2D eigenvalue weighted by molar-refractivity contribution is -0.140. The molecule has 188 valence electrons. The van der Waals surface area contributed by atoms with Crippen LogP contribution in [0.15, 0.2) is 42.5 Å². The molecule has 0 saturated heterocycles. The first-order valence-corrected chi connectivity index (χ1v) is 14.3. The van der Waals surface area contributed by atoms with Crippen LogP contribution in [0.3, 0.4) is 0 Å². The lowest BCUT2D eigenvalue weighted by Crippen LogP contribution is -2.45. The fourth-order valence-electron chi connectivity index (χ4n) is 5.42. The number of rotatable bonds is 11. The van der Waals surface area contributed by atoms with E-state index in [1.807, 2.05) is 49.6 Å². The number of thioether (sulfide) groups is 1. The second kappa shape index (κ2) is 11.6. The van der Waals surface area contributed by atoms with E-state index < -0.39 is 11.5 Å². The van der Waals surface area contributed by atoms with E-state index in [-0.39, 0.29) is 11.8 Å². The lowest BCUT2D eigenvalue weighted by Gasteiger charge is -2.22. The summed E-state index contributed by atoms with van der Waals surface area (Å²) in [6, 6.07) is 14.8. The zero-order valence-corrected chi connectivity index (χ0v) is 21.8. The molecule has 1 amide bonds. The van der Waals surface area contributed by atoms with Gasteiger partial charge in [0.05, 0.1) is 0 Å². The first-order valence-electron chi connectivity index (χ1n) is 12.9. The molecule has 0 heterocycles. The molecule has 3 N–H and O–H groups in total. The summed E-state index contributed by atoms with van der Waals surface area (Å²) in [6.45, 7) is 3.05. The lowest BCUT2D eigenvalue weighted by atomic mass is 9.92. The number of carbonyl (C=O) groups is 2. The highest BCUT2D eigenvalue weighted by Gasteiger charge is 2.61. The Bertz CT molecular complexity index is 1050. The van der Waals surface area contributed by atoms with Crippen LogP contribution in [0.4, 0.5) is 0 Å². The van der Waals surface area contributed by atoms with Gasteiger partial charge in [0, 0.05) is 17.5 Å². The number of benzene rings is 2. The minimum Gasteiger partial charge on any atom is -0.479 e. The monoisotopic (exact) mass is 494 g/mol. The molecule has 5 nitrogen and oxygen atoms in total. The van der Waals surface area contributed by atoms with E-state index in [1.165, 1.54) is 37.7 Å². The Labute approximate surface area is 213 Å². The van der Waals surface area contributed by atoms with Crippen LogP contribution in [0.1, 0.15) is 66.4 Å². The van der Waals surface area contributed by atoms with Crippen molar-refractivity contribution in [2.24, 2.45) is 5.92 Å². The molecule has 2 aliphatic rings. The number of nitrogens with one attached hydrogen (secondary N) is 2. The van der Waals surface area contributed by atoms with Gasteiger partial charge >= 0.3 is 5.97 Å². The maximum atomic E-state index is 13.4. The van der Waals surface area contributed by atoms with Gasteiger partial charge in [-0.2, -0.15) is 11.8 Å². The van der Waals surface area contributed by atoms with Crippen LogP contribution in [-0.4, -0.2) is 47.1 Å². The predicted octanol–water partition coefficient (Wildman–Crippen LogP) is 5.45. The second-order valence-corrected chi connectivity index (χ2v) is 11.1. The van der Waals surface area contributed by atoms with Gasteiger partial charge in [-0.05, 0) is 85.9 Å². The van der Waals surface area contributed by atoms with E-state index in [9.17, 15) is 14.7 Å². The van der Waals surface area contributed by atoms with E-state index >= 15 is 0 Å². The fourth-order valence-corrected chi connectivity index (χ4v) is 6.22. The molecule has 35 heavy (non-hydrogen) atoms. The molecule has 2 aromatic carbocycles. The van der Waals surface area contributed by atoms with Crippen molar-refractivity contribution in [3.8, 4) is 11.1 Å². The minimum absolute atomic E-state index is 0.0307. The Morgan fingerprint density at radius 1 is 1.09 bits per heavy atom. The van der Waals surface area contributed by atoms with Crippen molar-refractivity contribution in [1.29, 1.82) is 0 Å². The third kappa shape index (κ3) is 6.10. The number of aryl methyl sites for hydroxylation is 2. The number of hydrogen-bond acceptors (Lipinski definition) is 4.